The Hall–Kier alpha value is -2.74. The predicted molar refractivity (Wildman–Crippen MR) is 121 cm³/mol. The molecule has 31 heavy (non-hydrogen) atoms. The number of amides is 1. The number of likely N-dealkylation sites (N-methyl/N-ethyl adjacent to an activating group) is 1. The molecule has 0 saturated heterocycles. The maximum atomic E-state index is 13.2. The molecule has 3 rings (SSSR count). The van der Waals surface area contributed by atoms with Gasteiger partial charge in [-0.05, 0) is 53.9 Å². The molecule has 0 fully saturated rings. The van der Waals surface area contributed by atoms with Gasteiger partial charge in [-0.1, -0.05) is 41.9 Å². The van der Waals surface area contributed by atoms with Crippen molar-refractivity contribution < 1.29 is 13.2 Å². The molecule has 162 valence electrons. The van der Waals surface area contributed by atoms with Gasteiger partial charge in [-0.15, -0.1) is 0 Å². The second kappa shape index (κ2) is 10.0. The van der Waals surface area contributed by atoms with Crippen molar-refractivity contribution in [1.29, 1.82) is 0 Å². The summed E-state index contributed by atoms with van der Waals surface area (Å²) < 4.78 is 26.8. The summed E-state index contributed by atoms with van der Waals surface area (Å²) in [6.45, 7) is 2.40. The molecule has 0 aliphatic heterocycles. The van der Waals surface area contributed by atoms with Crippen LogP contribution in [-0.4, -0.2) is 42.1 Å². The lowest BCUT2D eigenvalue weighted by Crippen LogP contribution is -2.40. The monoisotopic (exact) mass is 457 g/mol. The lowest BCUT2D eigenvalue weighted by Gasteiger charge is -2.26. The van der Waals surface area contributed by atoms with Crippen molar-refractivity contribution in [3.63, 3.8) is 0 Å². The molecule has 0 aliphatic rings. The second-order valence-corrected chi connectivity index (χ2v) is 9.73. The number of hydrogen-bond acceptors (Lipinski definition) is 4. The fourth-order valence-corrected chi connectivity index (χ4v) is 4.35. The molecule has 1 aromatic heterocycles. The van der Waals surface area contributed by atoms with Crippen LogP contribution in [0.5, 0.6) is 0 Å². The van der Waals surface area contributed by atoms with Crippen LogP contribution >= 0.6 is 11.6 Å². The van der Waals surface area contributed by atoms with Crippen LogP contribution in [0, 0.1) is 6.92 Å². The molecule has 1 amide bonds. The van der Waals surface area contributed by atoms with E-state index in [1.165, 1.54) is 31.3 Å². The average molecular weight is 458 g/mol. The van der Waals surface area contributed by atoms with Gasteiger partial charge in [0.25, 0.3) is 0 Å². The van der Waals surface area contributed by atoms with E-state index in [9.17, 15) is 13.2 Å². The summed E-state index contributed by atoms with van der Waals surface area (Å²) in [4.78, 5) is 19.0. The first-order chi connectivity index (χ1) is 14.8. The maximum Gasteiger partial charge on any atom is 0.243 e. The number of benzene rings is 2. The van der Waals surface area contributed by atoms with Gasteiger partial charge >= 0.3 is 0 Å². The van der Waals surface area contributed by atoms with Crippen molar-refractivity contribution in [2.45, 2.75) is 24.9 Å². The Balaban J connectivity index is 1.81. The summed E-state index contributed by atoms with van der Waals surface area (Å²) in [6, 6.07) is 17.4. The topological polar surface area (TPSA) is 70.6 Å². The van der Waals surface area contributed by atoms with Crippen LogP contribution in [0.25, 0.3) is 0 Å². The summed E-state index contributed by atoms with van der Waals surface area (Å²) in [5.74, 6) is -0.299. The van der Waals surface area contributed by atoms with E-state index >= 15 is 0 Å². The van der Waals surface area contributed by atoms with E-state index in [4.69, 9.17) is 11.6 Å². The Morgan fingerprint density at radius 2 is 1.71 bits per heavy atom. The number of pyridine rings is 1. The fourth-order valence-electron chi connectivity index (χ4n) is 3.10. The van der Waals surface area contributed by atoms with Crippen LogP contribution in [0.15, 0.2) is 78.0 Å². The predicted octanol–water partition coefficient (Wildman–Crippen LogP) is 3.89. The van der Waals surface area contributed by atoms with Crippen LogP contribution in [-0.2, 0) is 27.9 Å². The number of carbonyl (C=O) groups excluding carboxylic acids is 1. The van der Waals surface area contributed by atoms with E-state index in [-0.39, 0.29) is 17.3 Å². The zero-order valence-corrected chi connectivity index (χ0v) is 19.0. The minimum absolute atomic E-state index is 0.0879. The highest BCUT2D eigenvalue weighted by molar-refractivity contribution is 7.89. The van der Waals surface area contributed by atoms with Gasteiger partial charge in [0, 0.05) is 37.6 Å². The van der Waals surface area contributed by atoms with Crippen LogP contribution in [0.2, 0.25) is 5.02 Å². The van der Waals surface area contributed by atoms with Crippen molar-refractivity contribution >= 4 is 27.5 Å². The first-order valence-electron chi connectivity index (χ1n) is 9.70. The van der Waals surface area contributed by atoms with Gasteiger partial charge in [0.1, 0.15) is 0 Å². The number of aromatic nitrogens is 1. The zero-order valence-electron chi connectivity index (χ0n) is 17.4. The van der Waals surface area contributed by atoms with Gasteiger partial charge < -0.3 is 4.90 Å². The molecule has 2 aromatic carbocycles. The van der Waals surface area contributed by atoms with Crippen molar-refractivity contribution in [2.24, 2.45) is 0 Å². The van der Waals surface area contributed by atoms with E-state index in [0.717, 1.165) is 21.0 Å². The van der Waals surface area contributed by atoms with E-state index in [1.807, 2.05) is 43.3 Å². The molecular formula is C23H24ClN3O3S. The quantitative estimate of drug-likeness (QED) is 0.514. The van der Waals surface area contributed by atoms with Crippen LogP contribution in [0.4, 0.5) is 0 Å². The Labute approximate surface area is 188 Å². The molecule has 0 unspecified atom stereocenters. The van der Waals surface area contributed by atoms with E-state index in [2.05, 4.69) is 4.98 Å². The number of rotatable bonds is 8. The van der Waals surface area contributed by atoms with Crippen LogP contribution in [0.1, 0.15) is 16.7 Å². The number of carbonyl (C=O) groups is 1. The Kier molecular flexibility index (Phi) is 7.43. The van der Waals surface area contributed by atoms with Gasteiger partial charge in [-0.25, -0.2) is 8.42 Å². The Morgan fingerprint density at radius 1 is 1.00 bits per heavy atom. The summed E-state index contributed by atoms with van der Waals surface area (Å²) in [7, 11) is -2.42. The van der Waals surface area contributed by atoms with Crippen LogP contribution < -0.4 is 0 Å². The minimum atomic E-state index is -3.82. The van der Waals surface area contributed by atoms with Gasteiger partial charge in [-0.3, -0.25) is 9.78 Å². The number of sulfonamides is 1. The first kappa shape index (κ1) is 22.9. The second-order valence-electron chi connectivity index (χ2n) is 7.25. The number of aryl methyl sites for hydroxylation is 1. The van der Waals surface area contributed by atoms with Crippen molar-refractivity contribution in [3.05, 3.63) is 94.8 Å². The Morgan fingerprint density at radius 3 is 2.35 bits per heavy atom. The molecule has 1 heterocycles. The molecule has 0 aliphatic carbocycles. The van der Waals surface area contributed by atoms with Gasteiger partial charge in [0.2, 0.25) is 15.9 Å². The standard InChI is InChI=1S/C23H24ClN3O3S/c1-18-6-3-4-8-20(18)16-27(15-19-7-5-13-25-14-19)23(28)17-26(2)31(29,30)22-11-9-21(24)10-12-22/h3-14H,15-17H2,1-2H3. The van der Waals surface area contributed by atoms with E-state index in [1.54, 1.807) is 17.3 Å². The fraction of sp³-hybridized carbons (Fsp3) is 0.217. The first-order valence-corrected chi connectivity index (χ1v) is 11.5. The summed E-state index contributed by atoms with van der Waals surface area (Å²) in [5, 5.41) is 0.443. The molecule has 3 aromatic rings. The smallest absolute Gasteiger partial charge is 0.243 e. The van der Waals surface area contributed by atoms with Crippen molar-refractivity contribution in [2.75, 3.05) is 13.6 Å². The number of halogens is 1. The maximum absolute atomic E-state index is 13.2. The lowest BCUT2D eigenvalue weighted by molar-refractivity contribution is -0.132. The third-order valence-corrected chi connectivity index (χ3v) is 7.02. The third kappa shape index (κ3) is 5.91. The normalized spacial score (nSPS) is 11.5. The lowest BCUT2D eigenvalue weighted by atomic mass is 10.1. The Bertz CT molecular complexity index is 1140. The number of nitrogens with zero attached hydrogens (tertiary/aromatic N) is 3. The van der Waals surface area contributed by atoms with Gasteiger partial charge in [0.05, 0.1) is 11.4 Å². The molecule has 8 heteroatoms. The third-order valence-electron chi connectivity index (χ3n) is 4.95. The number of hydrogen-bond donors (Lipinski definition) is 0. The molecule has 0 saturated carbocycles. The molecule has 0 atom stereocenters. The van der Waals surface area contributed by atoms with E-state index in [0.29, 0.717) is 18.1 Å². The highest BCUT2D eigenvalue weighted by atomic mass is 35.5. The van der Waals surface area contributed by atoms with Gasteiger partial charge in [-0.2, -0.15) is 4.31 Å². The molecule has 0 spiro atoms. The molecule has 0 radical (unpaired) electrons. The molecule has 0 N–H and O–H groups in total. The zero-order chi connectivity index (χ0) is 22.4. The van der Waals surface area contributed by atoms with Crippen LogP contribution in [0.3, 0.4) is 0 Å². The highest BCUT2D eigenvalue weighted by Gasteiger charge is 2.25. The summed E-state index contributed by atoms with van der Waals surface area (Å²) >= 11 is 5.86. The highest BCUT2D eigenvalue weighted by Crippen LogP contribution is 2.19. The molecule has 6 nitrogen and oxygen atoms in total. The van der Waals surface area contributed by atoms with E-state index < -0.39 is 10.0 Å². The molecule has 0 bridgehead atoms. The summed E-state index contributed by atoms with van der Waals surface area (Å²) in [5.41, 5.74) is 2.93. The summed E-state index contributed by atoms with van der Waals surface area (Å²) in [6.07, 6.45) is 3.37. The van der Waals surface area contributed by atoms with Gasteiger partial charge in [0.15, 0.2) is 0 Å². The largest absolute Gasteiger partial charge is 0.333 e. The van der Waals surface area contributed by atoms with Crippen molar-refractivity contribution in [3.8, 4) is 0 Å². The molecular weight excluding hydrogens is 434 g/mol. The SMILES string of the molecule is Cc1ccccc1CN(Cc1cccnc1)C(=O)CN(C)S(=O)(=O)c1ccc(Cl)cc1. The minimum Gasteiger partial charge on any atom is -0.333 e. The van der Waals surface area contributed by atoms with Crippen molar-refractivity contribution in [1.82, 2.24) is 14.2 Å². The average Bonchev–Trinajstić information content (AvgIpc) is 2.75.